The van der Waals surface area contributed by atoms with Gasteiger partial charge in [0.2, 0.25) is 5.91 Å². The molecule has 1 amide bonds. The van der Waals surface area contributed by atoms with E-state index in [-0.39, 0.29) is 24.1 Å². The van der Waals surface area contributed by atoms with Gasteiger partial charge in [-0.2, -0.15) is 13.2 Å². The second-order valence-corrected chi connectivity index (χ2v) is 5.25. The van der Waals surface area contributed by atoms with Gasteiger partial charge in [-0.3, -0.25) is 10.1 Å². The highest BCUT2D eigenvalue weighted by Crippen LogP contribution is 2.39. The molecule has 0 bridgehead atoms. The summed E-state index contributed by atoms with van der Waals surface area (Å²) in [6.45, 7) is 0.105. The summed E-state index contributed by atoms with van der Waals surface area (Å²) in [5.74, 6) is -0.114. The molecule has 1 saturated carbocycles. The Labute approximate surface area is 114 Å². The molecule has 1 aromatic carbocycles. The minimum Gasteiger partial charge on any atom is -0.319 e. The smallest absolute Gasteiger partial charge is 0.319 e. The molecule has 0 spiro atoms. The summed E-state index contributed by atoms with van der Waals surface area (Å²) in [6.07, 6.45) is -2.29. The molecule has 1 aliphatic heterocycles. The summed E-state index contributed by atoms with van der Waals surface area (Å²) >= 11 is 0. The monoisotopic (exact) mass is 284 g/mol. The van der Waals surface area contributed by atoms with Gasteiger partial charge < -0.3 is 4.90 Å². The number of hydrogen-bond donors (Lipinski definition) is 1. The maximum Gasteiger partial charge on any atom is 0.416 e. The Morgan fingerprint density at radius 2 is 1.90 bits per heavy atom. The van der Waals surface area contributed by atoms with Gasteiger partial charge in [-0.15, -0.1) is 0 Å². The first-order chi connectivity index (χ1) is 9.48. The summed E-state index contributed by atoms with van der Waals surface area (Å²) in [5.41, 5.74) is -0.533. The van der Waals surface area contributed by atoms with Gasteiger partial charge in [-0.05, 0) is 25.3 Å². The number of rotatable bonds is 2. The predicted molar refractivity (Wildman–Crippen MR) is 66.7 cm³/mol. The first-order valence-corrected chi connectivity index (χ1v) is 6.69. The van der Waals surface area contributed by atoms with E-state index in [1.807, 2.05) is 0 Å². The second kappa shape index (κ2) is 4.77. The molecule has 1 saturated heterocycles. The van der Waals surface area contributed by atoms with Crippen LogP contribution in [-0.2, 0) is 11.0 Å². The van der Waals surface area contributed by atoms with Crippen LogP contribution in [0.5, 0.6) is 0 Å². The Morgan fingerprint density at radius 3 is 2.50 bits per heavy atom. The van der Waals surface area contributed by atoms with Crippen LogP contribution >= 0.6 is 0 Å². The Kier molecular flexibility index (Phi) is 3.20. The van der Waals surface area contributed by atoms with Crippen LogP contribution < -0.4 is 5.32 Å². The van der Waals surface area contributed by atoms with E-state index in [0.717, 1.165) is 25.3 Å². The Morgan fingerprint density at radius 1 is 1.20 bits per heavy atom. The van der Waals surface area contributed by atoms with Crippen molar-refractivity contribution in [3.63, 3.8) is 0 Å². The molecule has 6 heteroatoms. The first kappa shape index (κ1) is 13.4. The van der Waals surface area contributed by atoms with Crippen molar-refractivity contribution in [2.24, 2.45) is 0 Å². The number of halogens is 3. The van der Waals surface area contributed by atoms with Crippen LogP contribution in [0.4, 0.5) is 13.2 Å². The molecule has 1 heterocycles. The van der Waals surface area contributed by atoms with E-state index in [1.54, 1.807) is 11.0 Å². The lowest BCUT2D eigenvalue weighted by molar-refractivity contribution is -0.140. The fourth-order valence-electron chi connectivity index (χ4n) is 2.85. The molecule has 0 aromatic heterocycles. The highest BCUT2D eigenvalue weighted by atomic mass is 19.4. The van der Waals surface area contributed by atoms with E-state index in [4.69, 9.17) is 0 Å². The molecule has 1 N–H and O–H groups in total. The highest BCUT2D eigenvalue weighted by Gasteiger charge is 2.43. The van der Waals surface area contributed by atoms with Crippen molar-refractivity contribution in [3.8, 4) is 0 Å². The fraction of sp³-hybridized carbons (Fsp3) is 0.500. The molecule has 1 atom stereocenters. The molecule has 108 valence electrons. The molecular weight excluding hydrogens is 269 g/mol. The number of nitrogens with one attached hydrogen (secondary N) is 1. The fourth-order valence-corrected chi connectivity index (χ4v) is 2.85. The lowest BCUT2D eigenvalue weighted by Gasteiger charge is -2.39. The van der Waals surface area contributed by atoms with Crippen molar-refractivity contribution < 1.29 is 18.0 Å². The third-order valence-electron chi connectivity index (χ3n) is 4.04. The van der Waals surface area contributed by atoms with Crippen LogP contribution in [0.3, 0.4) is 0 Å². The van der Waals surface area contributed by atoms with Gasteiger partial charge in [0, 0.05) is 11.6 Å². The second-order valence-electron chi connectivity index (χ2n) is 5.25. The lowest BCUT2D eigenvalue weighted by atomic mass is 9.90. The molecule has 1 aliphatic carbocycles. The topological polar surface area (TPSA) is 32.3 Å². The van der Waals surface area contributed by atoms with Gasteiger partial charge in [0.1, 0.15) is 6.17 Å². The summed E-state index contributed by atoms with van der Waals surface area (Å²) in [5, 5.41) is 2.91. The van der Waals surface area contributed by atoms with Crippen LogP contribution in [-0.4, -0.2) is 23.4 Å². The van der Waals surface area contributed by atoms with Gasteiger partial charge in [0.15, 0.2) is 0 Å². The van der Waals surface area contributed by atoms with Gasteiger partial charge in [-0.25, -0.2) is 0 Å². The van der Waals surface area contributed by atoms with Gasteiger partial charge in [-0.1, -0.05) is 18.2 Å². The van der Waals surface area contributed by atoms with Gasteiger partial charge >= 0.3 is 6.18 Å². The van der Waals surface area contributed by atoms with E-state index in [9.17, 15) is 18.0 Å². The number of carbonyl (C=O) groups is 1. The third kappa shape index (κ3) is 2.18. The van der Waals surface area contributed by atoms with E-state index in [1.165, 1.54) is 12.1 Å². The maximum atomic E-state index is 13.1. The van der Waals surface area contributed by atoms with Crippen LogP contribution in [0.1, 0.15) is 36.6 Å². The van der Waals surface area contributed by atoms with Crippen molar-refractivity contribution in [2.75, 3.05) is 6.54 Å². The SMILES string of the molecule is O=C1CNC(c2ccccc2C(F)(F)F)N1C1CCC1. The number of carbonyl (C=O) groups excluding carboxylic acids is 1. The van der Waals surface area contributed by atoms with E-state index < -0.39 is 17.9 Å². The minimum absolute atomic E-state index is 0.0730. The number of hydrogen-bond acceptors (Lipinski definition) is 2. The van der Waals surface area contributed by atoms with E-state index in [0.29, 0.717) is 0 Å². The van der Waals surface area contributed by atoms with Crippen molar-refractivity contribution in [1.82, 2.24) is 10.2 Å². The predicted octanol–water partition coefficient (Wildman–Crippen LogP) is 2.69. The number of nitrogens with zero attached hydrogens (tertiary/aromatic N) is 1. The number of amides is 1. The van der Waals surface area contributed by atoms with E-state index >= 15 is 0 Å². The molecule has 3 rings (SSSR count). The Hall–Kier alpha value is -1.56. The highest BCUT2D eigenvalue weighted by molar-refractivity contribution is 5.81. The summed E-state index contributed by atoms with van der Waals surface area (Å²) in [7, 11) is 0. The standard InChI is InChI=1S/C14H15F3N2O/c15-14(16,17)11-7-2-1-6-10(11)13-18-8-12(20)19(13)9-4-3-5-9/h1-2,6-7,9,13,18H,3-5,8H2. The van der Waals surface area contributed by atoms with Crippen LogP contribution in [0.25, 0.3) is 0 Å². The molecular formula is C14H15F3N2O. The molecule has 1 aromatic rings. The Balaban J connectivity index is 1.98. The Bertz CT molecular complexity index is 525. The number of benzene rings is 1. The van der Waals surface area contributed by atoms with Crippen molar-refractivity contribution in [1.29, 1.82) is 0 Å². The summed E-state index contributed by atoms with van der Waals surface area (Å²) in [4.78, 5) is 13.5. The number of alkyl halides is 3. The van der Waals surface area contributed by atoms with Crippen LogP contribution in [0.2, 0.25) is 0 Å². The largest absolute Gasteiger partial charge is 0.416 e. The van der Waals surface area contributed by atoms with Crippen molar-refractivity contribution in [2.45, 2.75) is 37.6 Å². The van der Waals surface area contributed by atoms with Crippen LogP contribution in [0, 0.1) is 0 Å². The van der Waals surface area contributed by atoms with E-state index in [2.05, 4.69) is 5.32 Å². The molecule has 2 fully saturated rings. The third-order valence-corrected chi connectivity index (χ3v) is 4.04. The lowest BCUT2D eigenvalue weighted by Crippen LogP contribution is -2.44. The zero-order valence-electron chi connectivity index (χ0n) is 10.8. The average molecular weight is 284 g/mol. The molecule has 1 unspecified atom stereocenters. The molecule has 0 radical (unpaired) electrons. The first-order valence-electron chi connectivity index (χ1n) is 6.69. The van der Waals surface area contributed by atoms with Gasteiger partial charge in [0.25, 0.3) is 0 Å². The molecule has 2 aliphatic rings. The summed E-state index contributed by atoms with van der Waals surface area (Å²) in [6, 6.07) is 5.54. The van der Waals surface area contributed by atoms with Crippen molar-refractivity contribution in [3.05, 3.63) is 35.4 Å². The minimum atomic E-state index is -4.41. The normalized spacial score (nSPS) is 24.1. The average Bonchev–Trinajstić information content (AvgIpc) is 2.69. The van der Waals surface area contributed by atoms with Crippen LogP contribution in [0.15, 0.2) is 24.3 Å². The maximum absolute atomic E-state index is 13.1. The quantitative estimate of drug-likeness (QED) is 0.905. The summed E-state index contributed by atoms with van der Waals surface area (Å²) < 4.78 is 39.3. The zero-order chi connectivity index (χ0) is 14.3. The molecule has 3 nitrogen and oxygen atoms in total. The van der Waals surface area contributed by atoms with Crippen molar-refractivity contribution >= 4 is 5.91 Å². The zero-order valence-corrected chi connectivity index (χ0v) is 10.8. The molecule has 20 heavy (non-hydrogen) atoms. The van der Waals surface area contributed by atoms with Gasteiger partial charge in [0.05, 0.1) is 12.1 Å².